The molecule has 4 heteroatoms. The van der Waals surface area contributed by atoms with Crippen LogP contribution in [-0.4, -0.2) is 29.9 Å². The monoisotopic (exact) mass is 340 g/mol. The number of amides is 1. The minimum atomic E-state index is -0.201. The number of benzene rings is 2. The predicted octanol–water partition coefficient (Wildman–Crippen LogP) is 3.54. The molecule has 1 aliphatic heterocycles. The zero-order valence-corrected chi connectivity index (χ0v) is 14.5. The molecule has 2 aromatic rings. The van der Waals surface area contributed by atoms with Crippen molar-refractivity contribution in [3.63, 3.8) is 0 Å². The fourth-order valence-electron chi connectivity index (χ4n) is 3.44. The van der Waals surface area contributed by atoms with Crippen LogP contribution in [0.15, 0.2) is 54.6 Å². The lowest BCUT2D eigenvalue weighted by molar-refractivity contribution is -0.129. The smallest absolute Gasteiger partial charge is 0.222 e. The Kier molecular flexibility index (Phi) is 6.18. The van der Waals surface area contributed by atoms with Crippen molar-refractivity contribution in [2.24, 2.45) is 0 Å². The van der Waals surface area contributed by atoms with Crippen LogP contribution in [0.1, 0.15) is 30.4 Å². The quantitative estimate of drug-likeness (QED) is 0.746. The molecule has 1 saturated heterocycles. The maximum atomic E-state index is 13.2. The van der Waals surface area contributed by atoms with Crippen LogP contribution in [0.4, 0.5) is 4.39 Å². The van der Waals surface area contributed by atoms with Gasteiger partial charge in [-0.2, -0.15) is 0 Å². The predicted molar refractivity (Wildman–Crippen MR) is 97.6 cm³/mol. The van der Waals surface area contributed by atoms with Crippen molar-refractivity contribution in [3.8, 4) is 0 Å². The summed E-state index contributed by atoms with van der Waals surface area (Å²) in [6.07, 6.45) is 3.44. The molecule has 0 radical (unpaired) electrons. The van der Waals surface area contributed by atoms with Crippen LogP contribution in [0, 0.1) is 5.82 Å². The summed E-state index contributed by atoms with van der Waals surface area (Å²) in [4.78, 5) is 14.2. The van der Waals surface area contributed by atoms with Gasteiger partial charge >= 0.3 is 0 Å². The second-order valence-corrected chi connectivity index (χ2v) is 6.61. The number of likely N-dealkylation sites (tertiary alicyclic amines) is 1. The molecular weight excluding hydrogens is 315 g/mol. The van der Waals surface area contributed by atoms with E-state index >= 15 is 0 Å². The molecule has 0 saturated carbocycles. The van der Waals surface area contributed by atoms with Crippen LogP contribution in [0.25, 0.3) is 0 Å². The van der Waals surface area contributed by atoms with Crippen molar-refractivity contribution >= 4 is 5.91 Å². The summed E-state index contributed by atoms with van der Waals surface area (Å²) in [5.74, 6) is 0.0684. The lowest BCUT2D eigenvalue weighted by Crippen LogP contribution is -2.36. The molecule has 1 amide bonds. The number of hydrogen-bond acceptors (Lipinski definition) is 2. The van der Waals surface area contributed by atoms with E-state index in [2.05, 4.69) is 17.4 Å². The van der Waals surface area contributed by atoms with E-state index in [1.54, 1.807) is 12.1 Å². The Morgan fingerprint density at radius 1 is 1.08 bits per heavy atom. The molecule has 0 aromatic heterocycles. The minimum Gasteiger partial charge on any atom is -0.339 e. The molecule has 0 spiro atoms. The second-order valence-electron chi connectivity index (χ2n) is 6.61. The van der Waals surface area contributed by atoms with Crippen molar-refractivity contribution in [1.29, 1.82) is 0 Å². The zero-order valence-electron chi connectivity index (χ0n) is 14.5. The Balaban J connectivity index is 1.43. The van der Waals surface area contributed by atoms with Crippen LogP contribution in [0.3, 0.4) is 0 Å². The molecule has 1 heterocycles. The molecule has 0 bridgehead atoms. The summed E-state index contributed by atoms with van der Waals surface area (Å²) in [5, 5.41) is 3.36. The van der Waals surface area contributed by atoms with E-state index in [9.17, 15) is 9.18 Å². The highest BCUT2D eigenvalue weighted by Gasteiger charge is 2.29. The lowest BCUT2D eigenvalue weighted by Gasteiger charge is -2.25. The molecule has 3 rings (SSSR count). The molecule has 1 atom stereocenters. The highest BCUT2D eigenvalue weighted by molar-refractivity contribution is 5.78. The van der Waals surface area contributed by atoms with Gasteiger partial charge in [-0.05, 0) is 49.1 Å². The first-order valence-corrected chi connectivity index (χ1v) is 9.01. The van der Waals surface area contributed by atoms with Gasteiger partial charge in [-0.25, -0.2) is 4.39 Å². The number of carbonyl (C=O) groups excluding carboxylic acids is 1. The first kappa shape index (κ1) is 17.6. The third kappa shape index (κ3) is 5.13. The van der Waals surface area contributed by atoms with Gasteiger partial charge in [0, 0.05) is 25.6 Å². The molecular formula is C21H25FN2O. The second kappa shape index (κ2) is 8.77. The van der Waals surface area contributed by atoms with Gasteiger partial charge in [-0.15, -0.1) is 0 Å². The largest absolute Gasteiger partial charge is 0.339 e. The maximum Gasteiger partial charge on any atom is 0.222 e. The van der Waals surface area contributed by atoms with Crippen LogP contribution in [0.5, 0.6) is 0 Å². The number of halogens is 1. The molecule has 2 aromatic carbocycles. The average molecular weight is 340 g/mol. The summed E-state index contributed by atoms with van der Waals surface area (Å²) in [7, 11) is 0. The highest BCUT2D eigenvalue weighted by atomic mass is 19.1. The van der Waals surface area contributed by atoms with E-state index in [-0.39, 0.29) is 11.7 Å². The first-order chi connectivity index (χ1) is 12.2. The number of nitrogens with zero attached hydrogens (tertiary/aromatic N) is 1. The van der Waals surface area contributed by atoms with Crippen LogP contribution in [-0.2, 0) is 17.8 Å². The molecule has 132 valence electrons. The fraction of sp³-hybridized carbons (Fsp3) is 0.381. The van der Waals surface area contributed by atoms with Gasteiger partial charge in [-0.3, -0.25) is 4.79 Å². The average Bonchev–Trinajstić information content (AvgIpc) is 2.98. The highest BCUT2D eigenvalue weighted by Crippen LogP contribution is 2.21. The van der Waals surface area contributed by atoms with Crippen LogP contribution < -0.4 is 5.32 Å². The minimum absolute atomic E-state index is 0.201. The molecule has 25 heavy (non-hydrogen) atoms. The first-order valence-electron chi connectivity index (χ1n) is 9.01. The Morgan fingerprint density at radius 3 is 2.68 bits per heavy atom. The van der Waals surface area contributed by atoms with Gasteiger partial charge in [0.25, 0.3) is 0 Å². The summed E-state index contributed by atoms with van der Waals surface area (Å²) in [5.41, 5.74) is 2.22. The van der Waals surface area contributed by atoms with Gasteiger partial charge in [0.15, 0.2) is 0 Å². The summed E-state index contributed by atoms with van der Waals surface area (Å²) >= 11 is 0. The van der Waals surface area contributed by atoms with Crippen molar-refractivity contribution in [3.05, 3.63) is 71.5 Å². The number of nitrogens with one attached hydrogen (secondary N) is 1. The zero-order chi connectivity index (χ0) is 17.5. The van der Waals surface area contributed by atoms with E-state index in [4.69, 9.17) is 0 Å². The van der Waals surface area contributed by atoms with Crippen molar-refractivity contribution in [1.82, 2.24) is 10.2 Å². The Hall–Kier alpha value is -2.20. The molecule has 1 N–H and O–H groups in total. The van der Waals surface area contributed by atoms with E-state index in [1.807, 2.05) is 29.2 Å². The van der Waals surface area contributed by atoms with E-state index in [0.717, 1.165) is 37.9 Å². The SMILES string of the molecule is O=C1CCC(CCNCc2cccc(F)c2)N1CCc1ccccc1. The van der Waals surface area contributed by atoms with Gasteiger partial charge in [0.05, 0.1) is 0 Å². The molecule has 1 unspecified atom stereocenters. The third-order valence-corrected chi connectivity index (χ3v) is 4.81. The fourth-order valence-corrected chi connectivity index (χ4v) is 3.44. The van der Waals surface area contributed by atoms with Crippen molar-refractivity contribution in [2.45, 2.75) is 38.3 Å². The Morgan fingerprint density at radius 2 is 1.88 bits per heavy atom. The van der Waals surface area contributed by atoms with Crippen molar-refractivity contribution < 1.29 is 9.18 Å². The van der Waals surface area contributed by atoms with Gasteiger partial charge < -0.3 is 10.2 Å². The van der Waals surface area contributed by atoms with Gasteiger partial charge in [0.1, 0.15) is 5.82 Å². The lowest BCUT2D eigenvalue weighted by atomic mass is 10.1. The molecule has 1 aliphatic rings. The summed E-state index contributed by atoms with van der Waals surface area (Å²) in [6, 6.07) is 17.3. The molecule has 3 nitrogen and oxygen atoms in total. The summed E-state index contributed by atoms with van der Waals surface area (Å²) in [6.45, 7) is 2.27. The van der Waals surface area contributed by atoms with Crippen LogP contribution in [0.2, 0.25) is 0 Å². The third-order valence-electron chi connectivity index (χ3n) is 4.81. The van der Waals surface area contributed by atoms with E-state index < -0.39 is 0 Å². The standard InChI is InChI=1S/C21H25FN2O/c22-19-8-4-7-18(15-19)16-23-13-11-20-9-10-21(25)24(20)14-12-17-5-2-1-3-6-17/h1-8,15,20,23H,9-14,16H2. The number of rotatable bonds is 8. The Labute approximate surface area is 148 Å². The summed E-state index contributed by atoms with van der Waals surface area (Å²) < 4.78 is 13.2. The Bertz CT molecular complexity index is 689. The number of hydrogen-bond donors (Lipinski definition) is 1. The van der Waals surface area contributed by atoms with E-state index in [0.29, 0.717) is 19.0 Å². The normalized spacial score (nSPS) is 17.2. The van der Waals surface area contributed by atoms with Crippen molar-refractivity contribution in [2.75, 3.05) is 13.1 Å². The van der Waals surface area contributed by atoms with Gasteiger partial charge in [0.2, 0.25) is 5.91 Å². The topological polar surface area (TPSA) is 32.3 Å². The molecule has 1 fully saturated rings. The molecule has 0 aliphatic carbocycles. The number of carbonyl (C=O) groups is 1. The van der Waals surface area contributed by atoms with Crippen LogP contribution >= 0.6 is 0 Å². The maximum absolute atomic E-state index is 13.2. The van der Waals surface area contributed by atoms with Gasteiger partial charge in [-0.1, -0.05) is 42.5 Å². The van der Waals surface area contributed by atoms with E-state index in [1.165, 1.54) is 11.6 Å².